The van der Waals surface area contributed by atoms with Crippen LogP contribution >= 0.6 is 23.1 Å². The van der Waals surface area contributed by atoms with Crippen molar-refractivity contribution in [1.82, 2.24) is 9.55 Å². The van der Waals surface area contributed by atoms with Gasteiger partial charge in [-0.15, -0.1) is 11.3 Å². The monoisotopic (exact) mass is 477 g/mol. The molecule has 0 aliphatic carbocycles. The highest BCUT2D eigenvalue weighted by Gasteiger charge is 2.20. The van der Waals surface area contributed by atoms with Gasteiger partial charge in [0.2, 0.25) is 5.91 Å². The Bertz CT molecular complexity index is 1340. The number of fused-ring (bicyclic) bond motifs is 1. The van der Waals surface area contributed by atoms with Gasteiger partial charge in [0, 0.05) is 17.6 Å². The predicted molar refractivity (Wildman–Crippen MR) is 139 cm³/mol. The maximum atomic E-state index is 13.6. The van der Waals surface area contributed by atoms with E-state index < -0.39 is 0 Å². The highest BCUT2D eigenvalue weighted by atomic mass is 32.2. The molecule has 0 atom stereocenters. The molecule has 7 heteroatoms. The zero-order chi connectivity index (χ0) is 23.5. The van der Waals surface area contributed by atoms with Crippen LogP contribution in [-0.2, 0) is 17.8 Å². The fourth-order valence-corrected chi connectivity index (χ4v) is 5.80. The molecule has 0 radical (unpaired) electrons. The molecule has 2 heterocycles. The van der Waals surface area contributed by atoms with Gasteiger partial charge in [0.1, 0.15) is 4.83 Å². The smallest absolute Gasteiger partial charge is 0.263 e. The van der Waals surface area contributed by atoms with Gasteiger partial charge >= 0.3 is 0 Å². The number of hydrogen-bond donors (Lipinski definition) is 0. The minimum atomic E-state index is -0.0426. The molecule has 0 aliphatic heterocycles. The first-order chi connectivity index (χ1) is 15.9. The molecule has 0 unspecified atom stereocenters. The number of benzene rings is 2. The molecule has 170 valence electrons. The van der Waals surface area contributed by atoms with Crippen LogP contribution in [0.4, 0.5) is 5.69 Å². The number of rotatable bonds is 7. The summed E-state index contributed by atoms with van der Waals surface area (Å²) in [5.41, 5.74) is 4.02. The van der Waals surface area contributed by atoms with Crippen LogP contribution in [0.5, 0.6) is 0 Å². The normalized spacial score (nSPS) is 11.2. The molecule has 0 saturated heterocycles. The average molecular weight is 478 g/mol. The number of thioether (sulfide) groups is 1. The Morgan fingerprint density at radius 3 is 2.45 bits per heavy atom. The SMILES string of the molecule is CCc1sc2nc(SCC(=O)N(C)c3ccccc3)n(Cc3ccc(C)cc3)c(=O)c2c1C. The Kier molecular flexibility index (Phi) is 7.00. The summed E-state index contributed by atoms with van der Waals surface area (Å²) in [6.45, 7) is 6.56. The van der Waals surface area contributed by atoms with E-state index in [1.165, 1.54) is 22.2 Å². The molecule has 1 amide bonds. The summed E-state index contributed by atoms with van der Waals surface area (Å²) >= 11 is 2.89. The molecule has 5 nitrogen and oxygen atoms in total. The maximum Gasteiger partial charge on any atom is 0.263 e. The van der Waals surface area contributed by atoms with E-state index in [4.69, 9.17) is 4.98 Å². The van der Waals surface area contributed by atoms with Crippen molar-refractivity contribution in [2.24, 2.45) is 0 Å². The van der Waals surface area contributed by atoms with E-state index in [-0.39, 0.29) is 17.2 Å². The zero-order valence-electron chi connectivity index (χ0n) is 19.3. The van der Waals surface area contributed by atoms with Crippen LogP contribution in [0, 0.1) is 13.8 Å². The van der Waals surface area contributed by atoms with Crippen LogP contribution in [0.2, 0.25) is 0 Å². The summed E-state index contributed by atoms with van der Waals surface area (Å²) in [6.07, 6.45) is 0.868. The fourth-order valence-electron chi connectivity index (χ4n) is 3.73. The van der Waals surface area contributed by atoms with Crippen molar-refractivity contribution in [2.75, 3.05) is 17.7 Å². The third-order valence-corrected chi connectivity index (χ3v) is 8.03. The minimum Gasteiger partial charge on any atom is -0.315 e. The Balaban J connectivity index is 1.70. The predicted octanol–water partition coefficient (Wildman–Crippen LogP) is 5.44. The molecule has 0 fully saturated rings. The lowest BCUT2D eigenvalue weighted by Gasteiger charge is -2.18. The topological polar surface area (TPSA) is 55.2 Å². The van der Waals surface area contributed by atoms with Crippen molar-refractivity contribution in [3.8, 4) is 0 Å². The van der Waals surface area contributed by atoms with Crippen LogP contribution in [0.1, 0.15) is 28.5 Å². The first-order valence-corrected chi connectivity index (χ1v) is 12.7. The molecule has 4 rings (SSSR count). The summed E-state index contributed by atoms with van der Waals surface area (Å²) in [7, 11) is 1.77. The maximum absolute atomic E-state index is 13.6. The molecular weight excluding hydrogens is 450 g/mol. The Hall–Kier alpha value is -2.90. The van der Waals surface area contributed by atoms with E-state index in [0.29, 0.717) is 17.1 Å². The van der Waals surface area contributed by atoms with Gasteiger partial charge in [-0.25, -0.2) is 4.98 Å². The summed E-state index contributed by atoms with van der Waals surface area (Å²) in [5.74, 6) is 0.154. The lowest BCUT2D eigenvalue weighted by Crippen LogP contribution is -2.29. The van der Waals surface area contributed by atoms with Gasteiger partial charge in [-0.2, -0.15) is 0 Å². The van der Waals surface area contributed by atoms with E-state index >= 15 is 0 Å². The van der Waals surface area contributed by atoms with Crippen molar-refractivity contribution in [3.05, 3.63) is 86.5 Å². The lowest BCUT2D eigenvalue weighted by atomic mass is 10.1. The van der Waals surface area contributed by atoms with Gasteiger partial charge < -0.3 is 4.90 Å². The standard InChI is InChI=1S/C26H27N3O2S2/c1-5-21-18(3)23-24(33-21)27-26(29(25(23)31)15-19-13-11-17(2)12-14-19)32-16-22(30)28(4)20-9-7-6-8-10-20/h6-14H,5,15-16H2,1-4H3. The Morgan fingerprint density at radius 2 is 1.79 bits per heavy atom. The molecule has 33 heavy (non-hydrogen) atoms. The van der Waals surface area contributed by atoms with Crippen molar-refractivity contribution in [2.45, 2.75) is 38.9 Å². The first-order valence-electron chi connectivity index (χ1n) is 10.9. The van der Waals surface area contributed by atoms with Crippen LogP contribution < -0.4 is 10.5 Å². The zero-order valence-corrected chi connectivity index (χ0v) is 20.9. The van der Waals surface area contributed by atoms with E-state index in [9.17, 15) is 9.59 Å². The molecule has 2 aromatic heterocycles. The fraction of sp³-hybridized carbons (Fsp3) is 0.269. The number of hydrogen-bond acceptors (Lipinski definition) is 5. The average Bonchev–Trinajstić information content (AvgIpc) is 3.16. The van der Waals surface area contributed by atoms with Crippen molar-refractivity contribution in [1.29, 1.82) is 0 Å². The van der Waals surface area contributed by atoms with E-state index in [0.717, 1.165) is 28.1 Å². The summed E-state index contributed by atoms with van der Waals surface area (Å²) in [5, 5.41) is 1.27. The highest BCUT2D eigenvalue weighted by molar-refractivity contribution is 7.99. The third kappa shape index (κ3) is 4.89. The molecular formula is C26H27N3O2S2. The summed E-state index contributed by atoms with van der Waals surface area (Å²) in [4.78, 5) is 34.9. The Labute approximate surface area is 202 Å². The van der Waals surface area contributed by atoms with Crippen LogP contribution in [-0.4, -0.2) is 28.3 Å². The number of carbonyl (C=O) groups is 1. The van der Waals surface area contributed by atoms with E-state index in [1.54, 1.807) is 27.9 Å². The van der Waals surface area contributed by atoms with E-state index in [1.807, 2.05) is 68.4 Å². The van der Waals surface area contributed by atoms with Gasteiger partial charge in [-0.05, 0) is 43.5 Å². The number of para-hydroxylation sites is 1. The summed E-state index contributed by atoms with van der Waals surface area (Å²) < 4.78 is 1.71. The number of aryl methyl sites for hydroxylation is 3. The van der Waals surface area contributed by atoms with E-state index in [2.05, 4.69) is 6.92 Å². The molecule has 0 aliphatic rings. The molecule has 0 N–H and O–H groups in total. The largest absolute Gasteiger partial charge is 0.315 e. The van der Waals surface area contributed by atoms with Crippen molar-refractivity contribution in [3.63, 3.8) is 0 Å². The van der Waals surface area contributed by atoms with Gasteiger partial charge in [-0.3, -0.25) is 14.2 Å². The van der Waals surface area contributed by atoms with Gasteiger partial charge in [0.15, 0.2) is 5.16 Å². The van der Waals surface area contributed by atoms with Crippen molar-refractivity contribution >= 4 is 44.9 Å². The molecule has 4 aromatic rings. The number of aromatic nitrogens is 2. The minimum absolute atomic E-state index is 0.0413. The molecule has 0 spiro atoms. The molecule has 0 saturated carbocycles. The van der Waals surface area contributed by atoms with Crippen molar-refractivity contribution < 1.29 is 4.79 Å². The van der Waals surface area contributed by atoms with Crippen LogP contribution in [0.25, 0.3) is 10.2 Å². The second kappa shape index (κ2) is 9.93. The quantitative estimate of drug-likeness (QED) is 0.263. The second-order valence-corrected chi connectivity index (χ2v) is 10.1. The number of thiophene rings is 1. The second-order valence-electron chi connectivity index (χ2n) is 8.03. The Morgan fingerprint density at radius 1 is 1.09 bits per heavy atom. The van der Waals surface area contributed by atoms with Crippen LogP contribution in [0.15, 0.2) is 64.5 Å². The van der Waals surface area contributed by atoms with Crippen LogP contribution in [0.3, 0.4) is 0 Å². The van der Waals surface area contributed by atoms with Gasteiger partial charge in [-0.1, -0.05) is 66.7 Å². The number of amides is 1. The molecule has 2 aromatic carbocycles. The first kappa shape index (κ1) is 23.3. The summed E-state index contributed by atoms with van der Waals surface area (Å²) in [6, 6.07) is 17.7. The number of nitrogens with zero attached hydrogens (tertiary/aromatic N) is 3. The lowest BCUT2D eigenvalue weighted by molar-refractivity contribution is -0.115. The molecule has 0 bridgehead atoms. The number of anilines is 1. The number of carbonyl (C=O) groups excluding carboxylic acids is 1. The van der Waals surface area contributed by atoms with Gasteiger partial charge in [0.05, 0.1) is 17.7 Å². The third-order valence-electron chi connectivity index (χ3n) is 5.74. The van der Waals surface area contributed by atoms with Gasteiger partial charge in [0.25, 0.3) is 5.56 Å². The highest BCUT2D eigenvalue weighted by Crippen LogP contribution is 2.30.